The number of aromatic nitrogens is 3. The maximum Gasteiger partial charge on any atom is 0.304 e. The summed E-state index contributed by atoms with van der Waals surface area (Å²) in [5.74, 6) is -11.8. The van der Waals surface area contributed by atoms with E-state index in [2.05, 4.69) is 4.98 Å². The zero-order valence-corrected chi connectivity index (χ0v) is 20.3. The normalized spacial score (nSPS) is 23.1. The highest BCUT2D eigenvalue weighted by molar-refractivity contribution is 5.85. The van der Waals surface area contributed by atoms with Gasteiger partial charge in [-0.15, -0.1) is 0 Å². The van der Waals surface area contributed by atoms with Gasteiger partial charge in [0.1, 0.15) is 28.4 Å². The molecule has 0 atom stereocenters. The predicted molar refractivity (Wildman–Crippen MR) is 128 cm³/mol. The monoisotopic (exact) mass is 548 g/mol. The minimum atomic E-state index is -4.38. The molecule has 0 spiro atoms. The third kappa shape index (κ3) is 3.72. The highest BCUT2D eigenvalue weighted by Gasteiger charge is 2.52. The summed E-state index contributed by atoms with van der Waals surface area (Å²) in [4.78, 5) is 9.00. The number of fused-ring (bicyclic) bond motifs is 4. The molecule has 7 rings (SSSR count). The van der Waals surface area contributed by atoms with Crippen LogP contribution in [0.2, 0.25) is 0 Å². The molecule has 0 unspecified atom stereocenters. The Morgan fingerprint density at radius 1 is 1.00 bits per heavy atom. The standard InChI is InChI=1S/C27H22F6N4O2/c28-16-11-17(29)20(31)18(19(16)30)27(32,33)15-3-1-14(2-4-15)21-22-23(34)35-9-10-37(22)24(36-21)25-5-7-26(12-38,8-6-25)39-13-25/h1-4,9-11,38H,5-8,12-13H2,(H2,34,35). The van der Waals surface area contributed by atoms with Crippen LogP contribution < -0.4 is 5.73 Å². The van der Waals surface area contributed by atoms with E-state index in [9.17, 15) is 22.7 Å². The summed E-state index contributed by atoms with van der Waals surface area (Å²) < 4.78 is 93.7. The summed E-state index contributed by atoms with van der Waals surface area (Å²) >= 11 is 0. The lowest BCUT2D eigenvalue weighted by Gasteiger charge is -2.51. The van der Waals surface area contributed by atoms with Crippen LogP contribution in [0.1, 0.15) is 42.6 Å². The van der Waals surface area contributed by atoms with Crippen LogP contribution >= 0.6 is 0 Å². The zero-order chi connectivity index (χ0) is 27.7. The van der Waals surface area contributed by atoms with Crippen molar-refractivity contribution in [2.45, 2.75) is 42.6 Å². The molecule has 0 amide bonds. The molecule has 6 nitrogen and oxygen atoms in total. The number of hydrogen-bond acceptors (Lipinski definition) is 5. The molecule has 2 aromatic carbocycles. The number of anilines is 1. The van der Waals surface area contributed by atoms with E-state index >= 15 is 8.78 Å². The van der Waals surface area contributed by atoms with Gasteiger partial charge in [0.15, 0.2) is 23.3 Å². The quantitative estimate of drug-likeness (QED) is 0.263. The predicted octanol–water partition coefficient (Wildman–Crippen LogP) is 5.25. The molecule has 3 aliphatic rings. The lowest BCUT2D eigenvalue weighted by molar-refractivity contribution is -0.177. The first-order valence-corrected chi connectivity index (χ1v) is 12.2. The van der Waals surface area contributed by atoms with Gasteiger partial charge in [-0.05, 0) is 25.7 Å². The minimum absolute atomic E-state index is 0.0689. The summed E-state index contributed by atoms with van der Waals surface area (Å²) in [5.41, 5.74) is 3.44. The molecular weight excluding hydrogens is 526 g/mol. The van der Waals surface area contributed by atoms with Crippen LogP contribution in [0.15, 0.2) is 42.7 Å². The van der Waals surface area contributed by atoms with Crippen molar-refractivity contribution in [1.29, 1.82) is 0 Å². The summed E-state index contributed by atoms with van der Waals surface area (Å²) in [6.07, 6.45) is 5.92. The van der Waals surface area contributed by atoms with E-state index in [4.69, 9.17) is 15.5 Å². The van der Waals surface area contributed by atoms with Crippen molar-refractivity contribution in [3.63, 3.8) is 0 Å². The van der Waals surface area contributed by atoms with Gasteiger partial charge in [-0.25, -0.2) is 27.5 Å². The number of nitrogen functional groups attached to an aromatic ring is 1. The lowest BCUT2D eigenvalue weighted by Crippen LogP contribution is -2.55. The molecule has 3 fully saturated rings. The van der Waals surface area contributed by atoms with Gasteiger partial charge in [-0.2, -0.15) is 8.78 Å². The second-order valence-corrected chi connectivity index (χ2v) is 10.2. The number of aliphatic hydroxyl groups is 1. The van der Waals surface area contributed by atoms with E-state index in [-0.39, 0.29) is 18.5 Å². The minimum Gasteiger partial charge on any atom is -0.393 e. The Labute approximate surface area is 218 Å². The molecule has 39 heavy (non-hydrogen) atoms. The Bertz CT molecular complexity index is 1550. The molecule has 12 heteroatoms. The molecule has 2 saturated heterocycles. The number of nitrogens with zero attached hydrogens (tertiary/aromatic N) is 3. The Balaban J connectivity index is 1.43. The first-order valence-electron chi connectivity index (χ1n) is 12.2. The average molecular weight is 548 g/mol. The van der Waals surface area contributed by atoms with Gasteiger partial charge in [0.25, 0.3) is 0 Å². The van der Waals surface area contributed by atoms with Gasteiger partial charge in [0.2, 0.25) is 0 Å². The Morgan fingerprint density at radius 2 is 1.64 bits per heavy atom. The van der Waals surface area contributed by atoms with Crippen LogP contribution in [-0.2, 0) is 16.1 Å². The van der Waals surface area contributed by atoms with Crippen molar-refractivity contribution in [2.75, 3.05) is 18.9 Å². The number of alkyl halides is 2. The summed E-state index contributed by atoms with van der Waals surface area (Å²) in [6, 6.07) is 4.22. The lowest BCUT2D eigenvalue weighted by atomic mass is 9.66. The fourth-order valence-corrected chi connectivity index (χ4v) is 5.73. The number of aliphatic hydroxyl groups excluding tert-OH is 1. The maximum absolute atomic E-state index is 15.1. The van der Waals surface area contributed by atoms with E-state index in [1.165, 1.54) is 18.3 Å². The SMILES string of the molecule is Nc1nccn2c(C34CCC(CO)(CC3)OC4)nc(-c3ccc(C(F)(F)c4c(F)c(F)cc(F)c4F)cc3)c12. The molecule has 1 saturated carbocycles. The molecule has 2 aliphatic heterocycles. The molecule has 2 bridgehead atoms. The van der Waals surface area contributed by atoms with Gasteiger partial charge >= 0.3 is 5.92 Å². The molecular formula is C27H22F6N4O2. The second kappa shape index (κ2) is 8.68. The van der Waals surface area contributed by atoms with Gasteiger partial charge in [0, 0.05) is 29.6 Å². The highest BCUT2D eigenvalue weighted by Crippen LogP contribution is 2.51. The second-order valence-electron chi connectivity index (χ2n) is 10.2. The van der Waals surface area contributed by atoms with Crippen molar-refractivity contribution in [1.82, 2.24) is 14.4 Å². The zero-order valence-electron chi connectivity index (χ0n) is 20.3. The average Bonchev–Trinajstić information content (AvgIpc) is 3.35. The molecule has 0 radical (unpaired) electrons. The first kappa shape index (κ1) is 25.6. The van der Waals surface area contributed by atoms with Crippen molar-refractivity contribution in [3.8, 4) is 11.3 Å². The number of imidazole rings is 1. The molecule has 2 aromatic heterocycles. The number of hydrogen-bond donors (Lipinski definition) is 2. The van der Waals surface area contributed by atoms with E-state index in [0.717, 1.165) is 12.1 Å². The van der Waals surface area contributed by atoms with Gasteiger partial charge in [0.05, 0.1) is 24.2 Å². The van der Waals surface area contributed by atoms with E-state index < -0.39 is 51.3 Å². The van der Waals surface area contributed by atoms with Crippen molar-refractivity contribution in [2.24, 2.45) is 0 Å². The molecule has 4 heterocycles. The fourth-order valence-electron chi connectivity index (χ4n) is 5.73. The summed E-state index contributed by atoms with van der Waals surface area (Å²) in [6.45, 7) is 0.265. The maximum atomic E-state index is 15.1. The van der Waals surface area contributed by atoms with E-state index in [1.54, 1.807) is 10.6 Å². The summed E-state index contributed by atoms with van der Waals surface area (Å²) in [5, 5.41) is 9.79. The highest BCUT2D eigenvalue weighted by atomic mass is 19.3. The van der Waals surface area contributed by atoms with Crippen LogP contribution in [0.4, 0.5) is 32.2 Å². The van der Waals surface area contributed by atoms with Gasteiger partial charge in [-0.1, -0.05) is 24.3 Å². The molecule has 4 aromatic rings. The number of halogens is 6. The molecule has 3 N–H and O–H groups in total. The van der Waals surface area contributed by atoms with Crippen molar-refractivity contribution < 1.29 is 36.2 Å². The third-order valence-corrected chi connectivity index (χ3v) is 8.07. The smallest absolute Gasteiger partial charge is 0.304 e. The number of ether oxygens (including phenoxy) is 1. The van der Waals surface area contributed by atoms with Crippen LogP contribution in [0.25, 0.3) is 16.8 Å². The van der Waals surface area contributed by atoms with Gasteiger partial charge in [-0.3, -0.25) is 4.40 Å². The Hall–Kier alpha value is -3.64. The van der Waals surface area contributed by atoms with E-state index in [0.29, 0.717) is 54.9 Å². The largest absolute Gasteiger partial charge is 0.393 e. The number of rotatable bonds is 5. The van der Waals surface area contributed by atoms with Crippen LogP contribution in [0, 0.1) is 23.3 Å². The van der Waals surface area contributed by atoms with Crippen LogP contribution in [-0.4, -0.2) is 38.3 Å². The van der Waals surface area contributed by atoms with Crippen LogP contribution in [0.5, 0.6) is 0 Å². The van der Waals surface area contributed by atoms with Gasteiger partial charge < -0.3 is 15.6 Å². The third-order valence-electron chi connectivity index (χ3n) is 8.07. The van der Waals surface area contributed by atoms with Crippen molar-refractivity contribution in [3.05, 3.63) is 82.9 Å². The van der Waals surface area contributed by atoms with E-state index in [1.807, 2.05) is 0 Å². The first-order chi connectivity index (χ1) is 18.5. The Kier molecular flexibility index (Phi) is 5.71. The number of benzene rings is 2. The van der Waals surface area contributed by atoms with Crippen molar-refractivity contribution >= 4 is 11.3 Å². The fraction of sp³-hybridized carbons (Fsp3) is 0.333. The topological polar surface area (TPSA) is 85.7 Å². The summed E-state index contributed by atoms with van der Waals surface area (Å²) in [7, 11) is 0. The Morgan fingerprint density at radius 3 is 2.21 bits per heavy atom. The number of nitrogens with two attached hydrogens (primary N) is 1. The molecule has 204 valence electrons. The van der Waals surface area contributed by atoms with Crippen LogP contribution in [0.3, 0.4) is 0 Å². The molecule has 1 aliphatic carbocycles.